The average Bonchev–Trinajstić information content (AvgIpc) is 2.76. The van der Waals surface area contributed by atoms with Crippen molar-refractivity contribution in [2.75, 3.05) is 6.61 Å². The Kier molecular flexibility index (Phi) is 2.33. The molecule has 16 heavy (non-hydrogen) atoms. The molecule has 2 aromatic rings. The Morgan fingerprint density at radius 3 is 2.81 bits per heavy atom. The Morgan fingerprint density at radius 2 is 1.94 bits per heavy atom. The number of hydrogen-bond donors (Lipinski definition) is 0. The SMILES string of the molecule is Clc1ccccc1-c1ccc2c(c1)OCC2. The summed E-state index contributed by atoms with van der Waals surface area (Å²) >= 11 is 6.17. The van der Waals surface area contributed by atoms with E-state index in [1.165, 1.54) is 5.56 Å². The van der Waals surface area contributed by atoms with E-state index in [0.717, 1.165) is 34.9 Å². The smallest absolute Gasteiger partial charge is 0.123 e. The van der Waals surface area contributed by atoms with Gasteiger partial charge in [-0.15, -0.1) is 0 Å². The third-order valence-corrected chi connectivity index (χ3v) is 3.21. The minimum absolute atomic E-state index is 0.778. The average molecular weight is 231 g/mol. The van der Waals surface area contributed by atoms with Gasteiger partial charge in [0.2, 0.25) is 0 Å². The molecule has 0 aromatic heterocycles. The van der Waals surface area contributed by atoms with Crippen LogP contribution in [-0.4, -0.2) is 6.61 Å². The van der Waals surface area contributed by atoms with Gasteiger partial charge >= 0.3 is 0 Å². The van der Waals surface area contributed by atoms with E-state index in [4.69, 9.17) is 16.3 Å². The molecule has 0 unspecified atom stereocenters. The zero-order valence-corrected chi connectivity index (χ0v) is 9.50. The normalized spacial score (nSPS) is 13.3. The number of benzene rings is 2. The van der Waals surface area contributed by atoms with E-state index in [1.807, 2.05) is 24.3 Å². The van der Waals surface area contributed by atoms with Crippen molar-refractivity contribution in [3.05, 3.63) is 53.1 Å². The summed E-state index contributed by atoms with van der Waals surface area (Å²) < 4.78 is 5.56. The Hall–Kier alpha value is -1.47. The third kappa shape index (κ3) is 1.57. The summed E-state index contributed by atoms with van der Waals surface area (Å²) in [6.07, 6.45) is 1.01. The van der Waals surface area contributed by atoms with Gasteiger partial charge in [-0.25, -0.2) is 0 Å². The maximum atomic E-state index is 6.17. The van der Waals surface area contributed by atoms with E-state index in [0.29, 0.717) is 0 Å². The van der Waals surface area contributed by atoms with E-state index < -0.39 is 0 Å². The first kappa shape index (κ1) is 9.73. The van der Waals surface area contributed by atoms with E-state index in [2.05, 4.69) is 18.2 Å². The van der Waals surface area contributed by atoms with E-state index in [9.17, 15) is 0 Å². The van der Waals surface area contributed by atoms with Crippen LogP contribution in [0, 0.1) is 0 Å². The molecular weight excluding hydrogens is 220 g/mol. The molecular formula is C14H11ClO. The fraction of sp³-hybridized carbons (Fsp3) is 0.143. The van der Waals surface area contributed by atoms with Crippen molar-refractivity contribution in [2.45, 2.75) is 6.42 Å². The number of ether oxygens (including phenoxy) is 1. The van der Waals surface area contributed by atoms with Crippen LogP contribution in [0.1, 0.15) is 5.56 Å². The number of fused-ring (bicyclic) bond motifs is 1. The van der Waals surface area contributed by atoms with Gasteiger partial charge in [-0.2, -0.15) is 0 Å². The van der Waals surface area contributed by atoms with Crippen molar-refractivity contribution in [3.63, 3.8) is 0 Å². The highest BCUT2D eigenvalue weighted by molar-refractivity contribution is 6.33. The van der Waals surface area contributed by atoms with Gasteiger partial charge < -0.3 is 4.74 Å². The van der Waals surface area contributed by atoms with Gasteiger partial charge in [0.1, 0.15) is 5.75 Å². The fourth-order valence-corrected chi connectivity index (χ4v) is 2.27. The van der Waals surface area contributed by atoms with E-state index in [1.54, 1.807) is 0 Å². The lowest BCUT2D eigenvalue weighted by atomic mass is 10.0. The van der Waals surface area contributed by atoms with Crippen LogP contribution in [0.2, 0.25) is 5.02 Å². The molecule has 0 saturated carbocycles. The summed E-state index contributed by atoms with van der Waals surface area (Å²) in [6, 6.07) is 14.2. The van der Waals surface area contributed by atoms with Crippen molar-refractivity contribution in [1.29, 1.82) is 0 Å². The summed E-state index contributed by atoms with van der Waals surface area (Å²) in [5.41, 5.74) is 3.46. The van der Waals surface area contributed by atoms with Crippen LogP contribution in [0.3, 0.4) is 0 Å². The second-order valence-corrected chi connectivity index (χ2v) is 4.31. The van der Waals surface area contributed by atoms with Crippen LogP contribution in [0.5, 0.6) is 5.75 Å². The van der Waals surface area contributed by atoms with Crippen LogP contribution in [-0.2, 0) is 6.42 Å². The fourth-order valence-electron chi connectivity index (χ4n) is 2.03. The van der Waals surface area contributed by atoms with Crippen LogP contribution in [0.25, 0.3) is 11.1 Å². The molecule has 3 rings (SSSR count). The first-order valence-electron chi connectivity index (χ1n) is 5.35. The van der Waals surface area contributed by atoms with Crippen molar-refractivity contribution in [1.82, 2.24) is 0 Å². The summed E-state index contributed by atoms with van der Waals surface area (Å²) in [4.78, 5) is 0. The van der Waals surface area contributed by atoms with E-state index in [-0.39, 0.29) is 0 Å². The van der Waals surface area contributed by atoms with Crippen molar-refractivity contribution in [2.24, 2.45) is 0 Å². The van der Waals surface area contributed by atoms with Crippen LogP contribution in [0.4, 0.5) is 0 Å². The lowest BCUT2D eigenvalue weighted by Gasteiger charge is -2.06. The Morgan fingerprint density at radius 1 is 1.06 bits per heavy atom. The van der Waals surface area contributed by atoms with Gasteiger partial charge in [0, 0.05) is 17.0 Å². The van der Waals surface area contributed by atoms with Crippen molar-refractivity contribution < 1.29 is 4.74 Å². The monoisotopic (exact) mass is 230 g/mol. The van der Waals surface area contributed by atoms with E-state index >= 15 is 0 Å². The molecule has 1 aliphatic rings. The molecule has 0 bridgehead atoms. The first-order chi connectivity index (χ1) is 7.84. The lowest BCUT2D eigenvalue weighted by molar-refractivity contribution is 0.357. The highest BCUT2D eigenvalue weighted by Crippen LogP contribution is 2.33. The topological polar surface area (TPSA) is 9.23 Å². The van der Waals surface area contributed by atoms with Gasteiger partial charge in [0.05, 0.1) is 6.61 Å². The van der Waals surface area contributed by atoms with Gasteiger partial charge in [-0.1, -0.05) is 41.9 Å². The molecule has 0 aliphatic carbocycles. The van der Waals surface area contributed by atoms with Crippen LogP contribution >= 0.6 is 11.6 Å². The Labute approximate surface area is 99.6 Å². The van der Waals surface area contributed by atoms with Gasteiger partial charge in [0.15, 0.2) is 0 Å². The van der Waals surface area contributed by atoms with Gasteiger partial charge in [-0.3, -0.25) is 0 Å². The molecule has 0 fully saturated rings. The molecule has 0 saturated heterocycles. The third-order valence-electron chi connectivity index (χ3n) is 2.88. The minimum atomic E-state index is 0.778. The Bertz CT molecular complexity index is 534. The maximum Gasteiger partial charge on any atom is 0.123 e. The second kappa shape index (κ2) is 3.84. The molecule has 1 heterocycles. The minimum Gasteiger partial charge on any atom is -0.493 e. The second-order valence-electron chi connectivity index (χ2n) is 3.90. The number of hydrogen-bond acceptors (Lipinski definition) is 1. The molecule has 2 heteroatoms. The summed E-state index contributed by atoms with van der Waals surface area (Å²) in [7, 11) is 0. The molecule has 0 spiro atoms. The Balaban J connectivity index is 2.11. The van der Waals surface area contributed by atoms with Crippen molar-refractivity contribution >= 4 is 11.6 Å². The van der Waals surface area contributed by atoms with Gasteiger partial charge in [0.25, 0.3) is 0 Å². The molecule has 0 amide bonds. The van der Waals surface area contributed by atoms with Gasteiger partial charge in [-0.05, 0) is 23.3 Å². The van der Waals surface area contributed by atoms with Crippen molar-refractivity contribution in [3.8, 4) is 16.9 Å². The van der Waals surface area contributed by atoms with Crippen LogP contribution < -0.4 is 4.74 Å². The molecule has 0 N–H and O–H groups in total. The predicted molar refractivity (Wildman–Crippen MR) is 66.1 cm³/mol. The first-order valence-corrected chi connectivity index (χ1v) is 5.73. The zero-order chi connectivity index (χ0) is 11.0. The highest BCUT2D eigenvalue weighted by atomic mass is 35.5. The molecule has 2 aromatic carbocycles. The standard InChI is InChI=1S/C14H11ClO/c15-13-4-2-1-3-12(13)11-6-5-10-7-8-16-14(10)9-11/h1-6,9H,7-8H2. The number of halogens is 1. The lowest BCUT2D eigenvalue weighted by Crippen LogP contribution is -1.86. The molecule has 0 atom stereocenters. The molecule has 1 aliphatic heterocycles. The maximum absolute atomic E-state index is 6.17. The molecule has 0 radical (unpaired) electrons. The highest BCUT2D eigenvalue weighted by Gasteiger charge is 2.13. The largest absolute Gasteiger partial charge is 0.493 e. The number of rotatable bonds is 1. The molecule has 1 nitrogen and oxygen atoms in total. The quantitative estimate of drug-likeness (QED) is 0.721. The molecule has 80 valence electrons. The predicted octanol–water partition coefficient (Wildman–Crippen LogP) is 3.94. The zero-order valence-electron chi connectivity index (χ0n) is 8.74. The summed E-state index contributed by atoms with van der Waals surface area (Å²) in [5, 5.41) is 0.778. The summed E-state index contributed by atoms with van der Waals surface area (Å²) in [5.74, 6) is 0.998. The summed E-state index contributed by atoms with van der Waals surface area (Å²) in [6.45, 7) is 0.793. The van der Waals surface area contributed by atoms with Crippen LogP contribution in [0.15, 0.2) is 42.5 Å².